The first kappa shape index (κ1) is 25.4. The van der Waals surface area contributed by atoms with E-state index in [1.807, 2.05) is 36.5 Å². The van der Waals surface area contributed by atoms with E-state index in [0.717, 1.165) is 10.5 Å². The van der Waals surface area contributed by atoms with Gasteiger partial charge in [-0.15, -0.1) is 16.4 Å². The average Bonchev–Trinajstić information content (AvgIpc) is 3.62. The van der Waals surface area contributed by atoms with Crippen molar-refractivity contribution >= 4 is 34.7 Å². The lowest BCUT2D eigenvalue weighted by molar-refractivity contribution is -0.308. The van der Waals surface area contributed by atoms with E-state index in [4.69, 9.17) is 30.5 Å². The van der Waals surface area contributed by atoms with Crippen molar-refractivity contribution in [3.05, 3.63) is 76.6 Å². The molecule has 5 heterocycles. The maximum Gasteiger partial charge on any atom is 0.184 e. The van der Waals surface area contributed by atoms with Crippen LogP contribution in [0.3, 0.4) is 0 Å². The first-order valence-electron chi connectivity index (χ1n) is 11.7. The summed E-state index contributed by atoms with van der Waals surface area (Å²) in [6.07, 6.45) is 3.13. The predicted octanol–water partition coefficient (Wildman–Crippen LogP) is 4.51. The highest BCUT2D eigenvalue weighted by Gasteiger charge is 2.52. The van der Waals surface area contributed by atoms with Gasteiger partial charge in [-0.3, -0.25) is 4.98 Å². The first-order chi connectivity index (χ1) is 18.6. The summed E-state index contributed by atoms with van der Waals surface area (Å²) < 4.78 is 26.9. The van der Waals surface area contributed by atoms with Crippen molar-refractivity contribution in [1.82, 2.24) is 25.0 Å². The molecule has 0 aliphatic carbocycles. The van der Waals surface area contributed by atoms with Crippen LogP contribution >= 0.6 is 34.7 Å². The number of thiazole rings is 1. The van der Waals surface area contributed by atoms with Gasteiger partial charge in [-0.25, -0.2) is 9.67 Å². The maximum atomic E-state index is 9.31. The van der Waals surface area contributed by atoms with E-state index in [9.17, 15) is 5.26 Å². The number of nitrogens with zero attached hydrogens (tertiary/aromatic N) is 6. The Kier molecular flexibility index (Phi) is 7.40. The van der Waals surface area contributed by atoms with Gasteiger partial charge in [0.15, 0.2) is 6.29 Å². The van der Waals surface area contributed by atoms with Crippen LogP contribution < -0.4 is 0 Å². The summed E-state index contributed by atoms with van der Waals surface area (Å²) in [4.78, 5) is 9.28. The number of benzene rings is 1. The van der Waals surface area contributed by atoms with E-state index in [2.05, 4.69) is 26.3 Å². The molecule has 3 aromatic heterocycles. The molecule has 1 aromatic carbocycles. The van der Waals surface area contributed by atoms with Crippen molar-refractivity contribution in [3.8, 4) is 16.8 Å². The Bertz CT molecular complexity index is 1450. The summed E-state index contributed by atoms with van der Waals surface area (Å²) in [5.74, 6) is 0. The van der Waals surface area contributed by atoms with E-state index in [1.54, 1.807) is 29.4 Å². The van der Waals surface area contributed by atoms with Crippen LogP contribution in [0.2, 0.25) is 5.15 Å². The Balaban J connectivity index is 1.35. The number of fused-ring (bicyclic) bond motifs is 1. The molecule has 0 spiro atoms. The zero-order valence-corrected chi connectivity index (χ0v) is 22.3. The molecule has 0 amide bonds. The van der Waals surface area contributed by atoms with E-state index < -0.39 is 36.1 Å². The van der Waals surface area contributed by atoms with Crippen molar-refractivity contribution in [1.29, 1.82) is 5.26 Å². The smallest absolute Gasteiger partial charge is 0.184 e. The number of halogens is 1. The number of rotatable bonds is 6. The van der Waals surface area contributed by atoms with Crippen LogP contribution in [0.15, 0.2) is 65.3 Å². The molecule has 4 aromatic rings. The van der Waals surface area contributed by atoms with Crippen LogP contribution in [0.5, 0.6) is 0 Å². The molecule has 2 fully saturated rings. The summed E-state index contributed by atoms with van der Waals surface area (Å²) >= 11 is 8.86. The lowest BCUT2D eigenvalue weighted by atomic mass is 9.96. The number of hydrogen-bond acceptors (Lipinski definition) is 11. The highest BCUT2D eigenvalue weighted by molar-refractivity contribution is 7.99. The Morgan fingerprint density at radius 2 is 2.11 bits per heavy atom. The molecule has 4 unspecified atom stereocenters. The van der Waals surface area contributed by atoms with Crippen LogP contribution in [-0.4, -0.2) is 62.4 Å². The lowest BCUT2D eigenvalue weighted by Crippen LogP contribution is -2.59. The van der Waals surface area contributed by atoms with E-state index in [0.29, 0.717) is 28.0 Å². The third-order valence-corrected chi connectivity index (χ3v) is 8.55. The second-order valence-corrected chi connectivity index (χ2v) is 11.0. The van der Waals surface area contributed by atoms with Gasteiger partial charge in [-0.1, -0.05) is 58.9 Å². The molecule has 0 N–H and O–H groups in total. The summed E-state index contributed by atoms with van der Waals surface area (Å²) in [6, 6.07) is 13.3. The van der Waals surface area contributed by atoms with Gasteiger partial charge < -0.3 is 18.9 Å². The summed E-state index contributed by atoms with van der Waals surface area (Å²) in [5, 5.41) is 20.9. The number of methoxy groups -OCH3 is 1. The molecule has 0 saturated carbocycles. The van der Waals surface area contributed by atoms with Crippen molar-refractivity contribution in [2.24, 2.45) is 0 Å². The molecule has 0 bridgehead atoms. The molecule has 2 aliphatic rings. The SMILES string of the molecule is COC1C(n2cc(-c3nc(Cl)cs3)nn2)[C@H]2OC(c3ccccc3)OCC2O[C@@H]1Sc1cncc(C#N)c1. The van der Waals surface area contributed by atoms with E-state index >= 15 is 0 Å². The van der Waals surface area contributed by atoms with Crippen molar-refractivity contribution in [2.45, 2.75) is 41.0 Å². The second-order valence-electron chi connectivity index (χ2n) is 8.61. The van der Waals surface area contributed by atoms with Crippen molar-refractivity contribution < 1.29 is 18.9 Å². The molecule has 10 nitrogen and oxygen atoms in total. The molecule has 194 valence electrons. The Morgan fingerprint density at radius 1 is 1.24 bits per heavy atom. The second kappa shape index (κ2) is 11.1. The van der Waals surface area contributed by atoms with Crippen LogP contribution in [0.1, 0.15) is 23.5 Å². The normalized spacial score (nSPS) is 27.0. The molecule has 0 radical (unpaired) electrons. The number of nitriles is 1. The number of aromatic nitrogens is 5. The largest absolute Gasteiger partial charge is 0.375 e. The molecule has 38 heavy (non-hydrogen) atoms. The average molecular weight is 569 g/mol. The predicted molar refractivity (Wildman–Crippen MR) is 139 cm³/mol. The van der Waals surface area contributed by atoms with Gasteiger partial charge in [0.25, 0.3) is 0 Å². The molecule has 13 heteroatoms. The third-order valence-electron chi connectivity index (χ3n) is 6.26. The third kappa shape index (κ3) is 5.06. The Hall–Kier alpha value is -2.89. The number of ether oxygens (including phenoxy) is 4. The summed E-state index contributed by atoms with van der Waals surface area (Å²) in [6.45, 7) is 0.314. The molecular weight excluding hydrogens is 548 g/mol. The minimum absolute atomic E-state index is 0.314. The van der Waals surface area contributed by atoms with E-state index in [1.165, 1.54) is 29.3 Å². The highest BCUT2D eigenvalue weighted by Crippen LogP contribution is 2.44. The van der Waals surface area contributed by atoms with Gasteiger partial charge in [0, 0.05) is 35.3 Å². The fraction of sp³-hybridized carbons (Fsp3) is 0.320. The summed E-state index contributed by atoms with van der Waals surface area (Å²) in [5.41, 5.74) is 1.50. The minimum atomic E-state index is -0.567. The number of hydrogen-bond donors (Lipinski definition) is 0. The quantitative estimate of drug-likeness (QED) is 0.329. The topological polar surface area (TPSA) is 117 Å². The fourth-order valence-electron chi connectivity index (χ4n) is 4.56. The standard InChI is InChI=1S/C25H21ClN6O4S2/c1-33-22-20(32-11-17(30-31-32)23-29-19(26)13-37-23)21-18(12-34-24(36-21)15-5-3-2-4-6-15)35-25(22)38-16-7-14(8-27)9-28-10-16/h2-7,9-11,13,18,20-22,24-25H,12H2,1H3/t18?,20?,21-,22?,24?,25+/m0/s1. The molecule has 6 rings (SSSR count). The van der Waals surface area contributed by atoms with Crippen LogP contribution in [0.4, 0.5) is 0 Å². The zero-order valence-electron chi connectivity index (χ0n) is 20.0. The first-order valence-corrected chi connectivity index (χ1v) is 13.8. The van der Waals surface area contributed by atoms with Gasteiger partial charge in [-0.2, -0.15) is 5.26 Å². The van der Waals surface area contributed by atoms with Gasteiger partial charge in [0.2, 0.25) is 0 Å². The highest BCUT2D eigenvalue weighted by atomic mass is 35.5. The van der Waals surface area contributed by atoms with Gasteiger partial charge in [0.05, 0.1) is 18.4 Å². The summed E-state index contributed by atoms with van der Waals surface area (Å²) in [7, 11) is 1.63. The molecular formula is C25H21ClN6O4S2. The minimum Gasteiger partial charge on any atom is -0.375 e. The van der Waals surface area contributed by atoms with Crippen LogP contribution in [0.25, 0.3) is 10.7 Å². The van der Waals surface area contributed by atoms with Crippen molar-refractivity contribution in [3.63, 3.8) is 0 Å². The van der Waals surface area contributed by atoms with Gasteiger partial charge in [0.1, 0.15) is 51.7 Å². The lowest BCUT2D eigenvalue weighted by Gasteiger charge is -2.48. The van der Waals surface area contributed by atoms with Crippen LogP contribution in [0, 0.1) is 11.3 Å². The molecule has 2 saturated heterocycles. The molecule has 2 aliphatic heterocycles. The van der Waals surface area contributed by atoms with Gasteiger partial charge >= 0.3 is 0 Å². The zero-order chi connectivity index (χ0) is 26.1. The number of pyridine rings is 1. The Morgan fingerprint density at radius 3 is 2.87 bits per heavy atom. The molecule has 6 atom stereocenters. The maximum absolute atomic E-state index is 9.31. The Labute approximate surface area is 231 Å². The fourth-order valence-corrected chi connectivity index (χ4v) is 6.65. The van der Waals surface area contributed by atoms with E-state index in [-0.39, 0.29) is 0 Å². The van der Waals surface area contributed by atoms with Crippen molar-refractivity contribution in [2.75, 3.05) is 13.7 Å². The monoisotopic (exact) mass is 568 g/mol. The number of thioether (sulfide) groups is 1. The van der Waals surface area contributed by atoms with Gasteiger partial charge in [-0.05, 0) is 6.07 Å². The van der Waals surface area contributed by atoms with Crippen LogP contribution in [-0.2, 0) is 18.9 Å².